The Morgan fingerprint density at radius 3 is 2.52 bits per heavy atom. The molecule has 3 aromatic rings. The van der Waals surface area contributed by atoms with Crippen LogP contribution in [0.4, 0.5) is 17.6 Å². The van der Waals surface area contributed by atoms with Gasteiger partial charge in [-0.3, -0.25) is 4.79 Å². The Bertz CT molecular complexity index is 965. The Kier molecular flexibility index (Phi) is 4.98. The van der Waals surface area contributed by atoms with Gasteiger partial charge in [0, 0.05) is 6.54 Å². The van der Waals surface area contributed by atoms with Gasteiger partial charge in [0.25, 0.3) is 5.91 Å². The Hall–Kier alpha value is -3.16. The predicted octanol–water partition coefficient (Wildman–Crippen LogP) is 4.27. The zero-order valence-corrected chi connectivity index (χ0v) is 14.2. The minimum Gasteiger partial charge on any atom is -0.348 e. The van der Waals surface area contributed by atoms with Crippen molar-refractivity contribution in [3.63, 3.8) is 0 Å². The number of carbonyl (C=O) groups excluding carboxylic acids is 1. The summed E-state index contributed by atoms with van der Waals surface area (Å²) in [4.78, 5) is 12.4. The number of rotatable bonds is 4. The van der Waals surface area contributed by atoms with E-state index in [-0.39, 0.29) is 17.7 Å². The third-order valence-electron chi connectivity index (χ3n) is 3.99. The fourth-order valence-electron chi connectivity index (χ4n) is 2.66. The number of nitrogens with zero attached hydrogens (tertiary/aromatic N) is 2. The Balaban J connectivity index is 1.76. The molecule has 0 saturated carbocycles. The Morgan fingerprint density at radius 1 is 1.15 bits per heavy atom. The van der Waals surface area contributed by atoms with Crippen LogP contribution in [0.2, 0.25) is 0 Å². The van der Waals surface area contributed by atoms with Gasteiger partial charge in [-0.2, -0.15) is 18.3 Å². The number of para-hydroxylation sites is 1. The lowest BCUT2D eigenvalue weighted by atomic mass is 10.1. The van der Waals surface area contributed by atoms with Crippen molar-refractivity contribution in [3.05, 3.63) is 82.9 Å². The highest BCUT2D eigenvalue weighted by atomic mass is 19.4. The van der Waals surface area contributed by atoms with E-state index in [2.05, 4.69) is 10.4 Å². The van der Waals surface area contributed by atoms with Crippen LogP contribution in [0.3, 0.4) is 0 Å². The lowest BCUT2D eigenvalue weighted by molar-refractivity contribution is -0.137. The molecule has 0 aliphatic heterocycles. The van der Waals surface area contributed by atoms with Crippen molar-refractivity contribution >= 4 is 5.91 Å². The zero-order chi connectivity index (χ0) is 19.6. The standard InChI is InChI=1S/C19H15F4N3O/c1-12-17(11-25-26(12)16-5-3-2-4-6-16)18(27)24-10-13-7-14(19(21,22)23)9-15(20)8-13/h2-9,11H,10H2,1H3,(H,24,27). The summed E-state index contributed by atoms with van der Waals surface area (Å²) in [5.74, 6) is -1.52. The molecule has 4 nitrogen and oxygen atoms in total. The molecular formula is C19H15F4N3O. The van der Waals surface area contributed by atoms with E-state index in [1.165, 1.54) is 6.20 Å². The molecule has 0 spiro atoms. The summed E-state index contributed by atoms with van der Waals surface area (Å²) in [6.45, 7) is 1.47. The van der Waals surface area contributed by atoms with Gasteiger partial charge in [-0.25, -0.2) is 9.07 Å². The minimum absolute atomic E-state index is 0.0174. The molecule has 8 heteroatoms. The quantitative estimate of drug-likeness (QED) is 0.691. The molecule has 1 aromatic heterocycles. The van der Waals surface area contributed by atoms with E-state index in [9.17, 15) is 22.4 Å². The number of amides is 1. The maximum absolute atomic E-state index is 13.4. The van der Waals surface area contributed by atoms with E-state index < -0.39 is 23.5 Å². The topological polar surface area (TPSA) is 46.9 Å². The normalized spacial score (nSPS) is 11.4. The first-order chi connectivity index (χ1) is 12.8. The molecule has 0 fully saturated rings. The molecule has 0 radical (unpaired) electrons. The molecule has 2 aromatic carbocycles. The van der Waals surface area contributed by atoms with Gasteiger partial charge in [0.05, 0.1) is 28.7 Å². The highest BCUT2D eigenvalue weighted by Crippen LogP contribution is 2.30. The van der Waals surface area contributed by atoms with Crippen molar-refractivity contribution in [2.24, 2.45) is 0 Å². The summed E-state index contributed by atoms with van der Waals surface area (Å²) in [7, 11) is 0. The average molecular weight is 377 g/mol. The summed E-state index contributed by atoms with van der Waals surface area (Å²) in [6.07, 6.45) is -3.28. The molecule has 0 unspecified atom stereocenters. The number of alkyl halides is 3. The largest absolute Gasteiger partial charge is 0.416 e. The van der Waals surface area contributed by atoms with E-state index in [1.54, 1.807) is 11.6 Å². The van der Waals surface area contributed by atoms with Crippen LogP contribution >= 0.6 is 0 Å². The van der Waals surface area contributed by atoms with Crippen LogP contribution in [0.25, 0.3) is 5.69 Å². The Labute approximate surface area is 152 Å². The number of hydrogen-bond acceptors (Lipinski definition) is 2. The minimum atomic E-state index is -4.66. The van der Waals surface area contributed by atoms with Crippen LogP contribution in [-0.2, 0) is 12.7 Å². The van der Waals surface area contributed by atoms with Crippen LogP contribution in [0, 0.1) is 12.7 Å². The monoisotopic (exact) mass is 377 g/mol. The number of nitrogens with one attached hydrogen (secondary N) is 1. The van der Waals surface area contributed by atoms with Gasteiger partial charge in [0.15, 0.2) is 0 Å². The summed E-state index contributed by atoms with van der Waals surface area (Å²) in [6, 6.07) is 11.3. The second-order valence-corrected chi connectivity index (χ2v) is 5.92. The van der Waals surface area contributed by atoms with Crippen molar-refractivity contribution < 1.29 is 22.4 Å². The first-order valence-corrected chi connectivity index (χ1v) is 8.00. The highest BCUT2D eigenvalue weighted by Gasteiger charge is 2.31. The summed E-state index contributed by atoms with van der Waals surface area (Å²) < 4.78 is 53.3. The van der Waals surface area contributed by atoms with Gasteiger partial charge in [0.2, 0.25) is 0 Å². The average Bonchev–Trinajstić information content (AvgIpc) is 3.01. The summed E-state index contributed by atoms with van der Waals surface area (Å²) >= 11 is 0. The fraction of sp³-hybridized carbons (Fsp3) is 0.158. The first kappa shape index (κ1) is 18.6. The highest BCUT2D eigenvalue weighted by molar-refractivity contribution is 5.95. The van der Waals surface area contributed by atoms with Crippen LogP contribution in [-0.4, -0.2) is 15.7 Å². The van der Waals surface area contributed by atoms with E-state index in [0.29, 0.717) is 11.8 Å². The smallest absolute Gasteiger partial charge is 0.348 e. The summed E-state index contributed by atoms with van der Waals surface area (Å²) in [5, 5.41) is 6.67. The third-order valence-corrected chi connectivity index (χ3v) is 3.99. The molecule has 0 aliphatic carbocycles. The molecule has 27 heavy (non-hydrogen) atoms. The molecular weight excluding hydrogens is 362 g/mol. The molecule has 1 amide bonds. The van der Waals surface area contributed by atoms with Crippen molar-refractivity contribution in [2.45, 2.75) is 19.6 Å². The van der Waals surface area contributed by atoms with Gasteiger partial charge >= 0.3 is 6.18 Å². The molecule has 1 heterocycles. The second-order valence-electron chi connectivity index (χ2n) is 5.92. The van der Waals surface area contributed by atoms with Crippen LogP contribution in [0.15, 0.2) is 54.7 Å². The predicted molar refractivity (Wildman–Crippen MR) is 90.9 cm³/mol. The molecule has 140 valence electrons. The second kappa shape index (κ2) is 7.22. The maximum atomic E-state index is 13.4. The number of aromatic nitrogens is 2. The van der Waals surface area contributed by atoms with Crippen molar-refractivity contribution in [1.29, 1.82) is 0 Å². The molecule has 1 N–H and O–H groups in total. The van der Waals surface area contributed by atoms with Crippen LogP contribution < -0.4 is 5.32 Å². The van der Waals surface area contributed by atoms with Crippen molar-refractivity contribution in [3.8, 4) is 5.69 Å². The molecule has 0 bridgehead atoms. The first-order valence-electron chi connectivity index (χ1n) is 8.00. The van der Waals surface area contributed by atoms with Crippen LogP contribution in [0.5, 0.6) is 0 Å². The Morgan fingerprint density at radius 2 is 1.85 bits per heavy atom. The third kappa shape index (κ3) is 4.16. The molecule has 0 atom stereocenters. The van der Waals surface area contributed by atoms with Crippen molar-refractivity contribution in [1.82, 2.24) is 15.1 Å². The lowest BCUT2D eigenvalue weighted by Gasteiger charge is -2.10. The van der Waals surface area contributed by atoms with Gasteiger partial charge < -0.3 is 5.32 Å². The fourth-order valence-corrected chi connectivity index (χ4v) is 2.66. The van der Waals surface area contributed by atoms with Crippen LogP contribution in [0.1, 0.15) is 27.2 Å². The molecule has 0 aliphatic rings. The number of carbonyl (C=O) groups is 1. The van der Waals surface area contributed by atoms with Gasteiger partial charge in [0.1, 0.15) is 5.82 Å². The number of halogens is 4. The van der Waals surface area contributed by atoms with Gasteiger partial charge in [-0.1, -0.05) is 18.2 Å². The SMILES string of the molecule is Cc1c(C(=O)NCc2cc(F)cc(C(F)(F)F)c2)cnn1-c1ccccc1. The van der Waals surface area contributed by atoms with Gasteiger partial charge in [-0.15, -0.1) is 0 Å². The lowest BCUT2D eigenvalue weighted by Crippen LogP contribution is -2.23. The number of benzene rings is 2. The maximum Gasteiger partial charge on any atom is 0.416 e. The zero-order valence-electron chi connectivity index (χ0n) is 14.2. The number of hydrogen-bond donors (Lipinski definition) is 1. The van der Waals surface area contributed by atoms with E-state index >= 15 is 0 Å². The van der Waals surface area contributed by atoms with E-state index in [1.807, 2.05) is 30.3 Å². The van der Waals surface area contributed by atoms with E-state index in [0.717, 1.165) is 17.8 Å². The molecule has 3 rings (SSSR count). The van der Waals surface area contributed by atoms with Gasteiger partial charge in [-0.05, 0) is 42.8 Å². The summed E-state index contributed by atoms with van der Waals surface area (Å²) in [5.41, 5.74) is 0.554. The van der Waals surface area contributed by atoms with E-state index in [4.69, 9.17) is 0 Å². The molecule has 0 saturated heterocycles. The van der Waals surface area contributed by atoms with Crippen molar-refractivity contribution in [2.75, 3.05) is 0 Å².